The molecule has 196 valence electrons. The van der Waals surface area contributed by atoms with Gasteiger partial charge in [-0.2, -0.15) is 0 Å². The van der Waals surface area contributed by atoms with Crippen LogP contribution in [-0.4, -0.2) is 83.3 Å². The normalized spacial score (nSPS) is 27.1. The van der Waals surface area contributed by atoms with Crippen molar-refractivity contribution in [2.24, 2.45) is 0 Å². The Morgan fingerprint density at radius 3 is 2.39 bits per heavy atom. The number of carbonyl (C=O) groups excluding carboxylic acids is 1. The van der Waals surface area contributed by atoms with Crippen molar-refractivity contribution in [3.05, 3.63) is 52.0 Å². The molecular weight excluding hydrogens is 517 g/mol. The number of rotatable bonds is 6. The fourth-order valence-corrected chi connectivity index (χ4v) is 4.61. The molecule has 4 rings (SSSR count). The molecule has 0 spiro atoms. The highest BCUT2D eigenvalue weighted by Gasteiger charge is 2.47. The van der Waals surface area contributed by atoms with E-state index >= 15 is 0 Å². The van der Waals surface area contributed by atoms with E-state index < -0.39 is 36.7 Å². The third-order valence-electron chi connectivity index (χ3n) is 5.78. The Labute approximate surface area is 217 Å². The van der Waals surface area contributed by atoms with Gasteiger partial charge in [-0.25, -0.2) is 4.79 Å². The summed E-state index contributed by atoms with van der Waals surface area (Å²) in [6, 6.07) is 11.7. The summed E-state index contributed by atoms with van der Waals surface area (Å²) < 4.78 is 15.0. The summed E-state index contributed by atoms with van der Waals surface area (Å²) in [5.74, 6) is -0.619. The Morgan fingerprint density at radius 1 is 1.11 bits per heavy atom. The molecule has 5 unspecified atom stereocenters. The Kier molecular flexibility index (Phi) is 9.92. The van der Waals surface area contributed by atoms with Crippen LogP contribution in [0.1, 0.15) is 12.0 Å². The monoisotopic (exact) mass is 543 g/mol. The van der Waals surface area contributed by atoms with Gasteiger partial charge in [0, 0.05) is 17.7 Å². The summed E-state index contributed by atoms with van der Waals surface area (Å²) >= 11 is 12.7. The van der Waals surface area contributed by atoms with Crippen molar-refractivity contribution in [2.75, 3.05) is 13.6 Å². The van der Waals surface area contributed by atoms with Crippen LogP contribution in [0, 0.1) is 0 Å². The first-order valence-electron chi connectivity index (χ1n) is 11.1. The standard InChI is InChI=1S/C17H17Cl2NO.C7H10O8/c1-20-10-12-9-8-11-4-2-5-13(17(11)21-12)16-14(18)6-3-7-15(16)19;8-1-14-7-4(11)2(9)3(10)5(15-7)6(12)13/h2-7,12,20H,8-10H2,1H3;1-5,7,9-11H,(H,12,13)/t12-;/m1./s1. The van der Waals surface area contributed by atoms with Crippen LogP contribution >= 0.6 is 23.2 Å². The second-order valence-electron chi connectivity index (χ2n) is 8.19. The average Bonchev–Trinajstić information content (AvgIpc) is 2.85. The van der Waals surface area contributed by atoms with Crippen LogP contribution in [0.15, 0.2) is 36.4 Å². The smallest absolute Gasteiger partial charge is 0.335 e. The molecule has 10 nitrogen and oxygen atoms in total. The Morgan fingerprint density at radius 2 is 1.78 bits per heavy atom. The zero-order chi connectivity index (χ0) is 26.4. The van der Waals surface area contributed by atoms with Gasteiger partial charge >= 0.3 is 5.97 Å². The lowest BCUT2D eigenvalue weighted by Gasteiger charge is -2.37. The Bertz CT molecular complexity index is 1050. The molecule has 0 saturated carbocycles. The van der Waals surface area contributed by atoms with Gasteiger partial charge in [0.1, 0.15) is 30.2 Å². The van der Waals surface area contributed by atoms with E-state index in [4.69, 9.17) is 33.0 Å². The summed E-state index contributed by atoms with van der Waals surface area (Å²) in [5.41, 5.74) is 3.04. The van der Waals surface area contributed by atoms with Crippen molar-refractivity contribution in [2.45, 2.75) is 49.7 Å². The molecule has 2 aromatic carbocycles. The van der Waals surface area contributed by atoms with E-state index in [0.717, 1.165) is 36.3 Å². The number of aryl methyl sites for hydroxylation is 1. The average molecular weight is 544 g/mol. The SMILES string of the molecule is CNC[C@H]1CCc2cccc(-c3c(Cl)cccc3Cl)c2O1.O=COC1OC(C(=O)O)C(O)C(O)C1O. The highest BCUT2D eigenvalue weighted by molar-refractivity contribution is 6.39. The van der Waals surface area contributed by atoms with Crippen LogP contribution in [0.3, 0.4) is 0 Å². The predicted octanol–water partition coefficient (Wildman–Crippen LogP) is 1.62. The number of halogens is 2. The van der Waals surface area contributed by atoms with Crippen molar-refractivity contribution < 1.29 is 44.2 Å². The number of carbonyl (C=O) groups is 2. The number of carboxylic acids is 1. The van der Waals surface area contributed by atoms with E-state index in [2.05, 4.69) is 20.9 Å². The van der Waals surface area contributed by atoms with E-state index in [9.17, 15) is 24.9 Å². The quantitative estimate of drug-likeness (QED) is 0.339. The maximum atomic E-state index is 10.5. The number of benzene rings is 2. The maximum Gasteiger partial charge on any atom is 0.335 e. The molecule has 0 aromatic heterocycles. The van der Waals surface area contributed by atoms with Gasteiger partial charge < -0.3 is 40.0 Å². The molecule has 36 heavy (non-hydrogen) atoms. The number of para-hydroxylation sites is 1. The van der Waals surface area contributed by atoms with Crippen LogP contribution in [0.4, 0.5) is 0 Å². The first-order valence-corrected chi connectivity index (χ1v) is 11.8. The number of aliphatic carboxylic acids is 1. The van der Waals surface area contributed by atoms with E-state index in [1.54, 1.807) is 0 Å². The van der Waals surface area contributed by atoms with Gasteiger partial charge in [-0.15, -0.1) is 0 Å². The number of hydrogen-bond donors (Lipinski definition) is 5. The fourth-order valence-electron chi connectivity index (χ4n) is 4.01. The lowest BCUT2D eigenvalue weighted by molar-refractivity contribution is -0.282. The second-order valence-corrected chi connectivity index (χ2v) is 9.01. The highest BCUT2D eigenvalue weighted by Crippen LogP contribution is 2.43. The minimum atomic E-state index is -1.79. The van der Waals surface area contributed by atoms with Crippen molar-refractivity contribution in [1.82, 2.24) is 5.32 Å². The number of likely N-dealkylation sites (N-methyl/N-ethyl adjacent to an activating group) is 1. The number of ether oxygens (including phenoxy) is 3. The number of aliphatic hydroxyl groups excluding tert-OH is 3. The predicted molar refractivity (Wildman–Crippen MR) is 130 cm³/mol. The number of nitrogens with one attached hydrogen (secondary N) is 1. The zero-order valence-corrected chi connectivity index (χ0v) is 20.7. The Balaban J connectivity index is 0.000000214. The van der Waals surface area contributed by atoms with E-state index in [1.807, 2.05) is 37.4 Å². The third-order valence-corrected chi connectivity index (χ3v) is 6.41. The number of fused-ring (bicyclic) bond motifs is 1. The lowest BCUT2D eigenvalue weighted by atomic mass is 9.95. The molecule has 0 radical (unpaired) electrons. The van der Waals surface area contributed by atoms with E-state index in [-0.39, 0.29) is 12.6 Å². The molecule has 0 amide bonds. The molecule has 2 aliphatic rings. The van der Waals surface area contributed by atoms with Crippen molar-refractivity contribution in [1.29, 1.82) is 0 Å². The summed E-state index contributed by atoms with van der Waals surface area (Å²) in [4.78, 5) is 20.5. The van der Waals surface area contributed by atoms with Crippen molar-refractivity contribution >= 4 is 35.6 Å². The van der Waals surface area contributed by atoms with Gasteiger partial charge in [0.25, 0.3) is 6.47 Å². The largest absolute Gasteiger partial charge is 0.488 e. The summed E-state index contributed by atoms with van der Waals surface area (Å²) in [5, 5.41) is 40.7. The lowest BCUT2D eigenvalue weighted by Crippen LogP contribution is -2.60. The number of aliphatic hydroxyl groups is 3. The minimum absolute atomic E-state index is 0.0583. The molecule has 0 aliphatic carbocycles. The van der Waals surface area contributed by atoms with Gasteiger partial charge in [-0.1, -0.05) is 47.5 Å². The molecule has 5 N–H and O–H groups in total. The summed E-state index contributed by atoms with van der Waals surface area (Å²) in [6.45, 7) is 0.779. The topological polar surface area (TPSA) is 155 Å². The van der Waals surface area contributed by atoms with Gasteiger partial charge in [0.05, 0.1) is 10.0 Å². The van der Waals surface area contributed by atoms with Crippen molar-refractivity contribution in [3.63, 3.8) is 0 Å². The molecule has 1 saturated heterocycles. The van der Waals surface area contributed by atoms with Gasteiger partial charge in [0.2, 0.25) is 6.29 Å². The summed E-state index contributed by atoms with van der Waals surface area (Å²) in [7, 11) is 1.94. The van der Waals surface area contributed by atoms with Crippen LogP contribution in [-0.2, 0) is 25.5 Å². The molecule has 6 atom stereocenters. The third kappa shape index (κ3) is 6.27. The van der Waals surface area contributed by atoms with Gasteiger partial charge in [0.15, 0.2) is 6.10 Å². The van der Waals surface area contributed by atoms with Crippen molar-refractivity contribution in [3.8, 4) is 16.9 Å². The van der Waals surface area contributed by atoms with Crippen LogP contribution in [0.5, 0.6) is 5.75 Å². The van der Waals surface area contributed by atoms with Crippen LogP contribution in [0.25, 0.3) is 11.1 Å². The molecule has 2 aromatic rings. The molecule has 2 heterocycles. The number of hydrogen-bond acceptors (Lipinski definition) is 9. The maximum absolute atomic E-state index is 10.5. The van der Waals surface area contributed by atoms with E-state index in [1.165, 1.54) is 5.56 Å². The summed E-state index contributed by atoms with van der Waals surface area (Å²) in [6.07, 6.45) is -6.39. The first kappa shape index (κ1) is 28.1. The Hall–Kier alpha value is -2.44. The molecule has 0 bridgehead atoms. The van der Waals surface area contributed by atoms with Gasteiger partial charge in [-0.3, -0.25) is 4.79 Å². The van der Waals surface area contributed by atoms with Crippen LogP contribution < -0.4 is 10.1 Å². The fraction of sp³-hybridized carbons (Fsp3) is 0.417. The van der Waals surface area contributed by atoms with Gasteiger partial charge in [-0.05, 0) is 37.6 Å². The van der Waals surface area contributed by atoms with E-state index in [0.29, 0.717) is 10.0 Å². The van der Waals surface area contributed by atoms with Crippen LogP contribution in [0.2, 0.25) is 10.0 Å². The second kappa shape index (κ2) is 12.7. The number of carboxylic acid groups (broad SMARTS) is 1. The molecular formula is C24H27Cl2NO9. The molecule has 2 aliphatic heterocycles. The zero-order valence-electron chi connectivity index (χ0n) is 19.2. The minimum Gasteiger partial charge on any atom is -0.488 e. The molecule has 1 fully saturated rings. The highest BCUT2D eigenvalue weighted by atomic mass is 35.5. The first-order chi connectivity index (χ1) is 17.2. The molecule has 12 heteroatoms.